The Labute approximate surface area is 118 Å². The first-order chi connectivity index (χ1) is 8.51. The molecular weight excluding hydrogens is 240 g/mol. The summed E-state index contributed by atoms with van der Waals surface area (Å²) in [4.78, 5) is 2.52. The molecule has 0 spiro atoms. The first kappa shape index (κ1) is 16.3. The van der Waals surface area contributed by atoms with E-state index in [-0.39, 0.29) is 0 Å². The normalized spacial score (nSPS) is 27.7. The van der Waals surface area contributed by atoms with E-state index < -0.39 is 0 Å². The minimum absolute atomic E-state index is 0.458. The fraction of sp³-hybridized carbons (Fsp3) is 1.00. The zero-order valence-electron chi connectivity index (χ0n) is 13.0. The van der Waals surface area contributed by atoms with Crippen LogP contribution in [0.15, 0.2) is 0 Å². The molecule has 0 radical (unpaired) electrons. The third-order valence-corrected chi connectivity index (χ3v) is 4.95. The third kappa shape index (κ3) is 4.75. The van der Waals surface area contributed by atoms with Crippen LogP contribution in [-0.4, -0.2) is 49.6 Å². The lowest BCUT2D eigenvalue weighted by Crippen LogP contribution is -2.52. The smallest absolute Gasteiger partial charge is 0.0159 e. The molecule has 0 aromatic rings. The van der Waals surface area contributed by atoms with Crippen LogP contribution in [0.4, 0.5) is 0 Å². The summed E-state index contributed by atoms with van der Waals surface area (Å²) in [6.45, 7) is 10.7. The predicted molar refractivity (Wildman–Crippen MR) is 84.5 cm³/mol. The highest BCUT2D eigenvalue weighted by atomic mass is 32.2. The molecule has 0 amide bonds. The fourth-order valence-corrected chi connectivity index (χ4v) is 3.87. The summed E-state index contributed by atoms with van der Waals surface area (Å²) in [5.74, 6) is 2.07. The Balaban J connectivity index is 2.55. The van der Waals surface area contributed by atoms with Crippen molar-refractivity contribution < 1.29 is 0 Å². The van der Waals surface area contributed by atoms with Gasteiger partial charge in [0.15, 0.2) is 0 Å². The number of rotatable bonds is 7. The average Bonchev–Trinajstić information content (AvgIpc) is 2.30. The maximum absolute atomic E-state index is 3.75. The van der Waals surface area contributed by atoms with Crippen molar-refractivity contribution in [2.75, 3.05) is 38.7 Å². The SMILES string of the molecule is CCNC1C(CN(C)CCSC)CCCC1(C)C. The van der Waals surface area contributed by atoms with Gasteiger partial charge in [-0.05, 0) is 44.0 Å². The molecule has 0 aromatic carbocycles. The van der Waals surface area contributed by atoms with E-state index in [0.717, 1.165) is 12.5 Å². The Morgan fingerprint density at radius 3 is 2.72 bits per heavy atom. The van der Waals surface area contributed by atoms with E-state index in [9.17, 15) is 0 Å². The fourth-order valence-electron chi connectivity index (χ4n) is 3.38. The van der Waals surface area contributed by atoms with E-state index in [1.54, 1.807) is 0 Å². The van der Waals surface area contributed by atoms with Gasteiger partial charge in [-0.2, -0.15) is 11.8 Å². The standard InChI is InChI=1S/C15H32N2S/c1-6-16-14-13(8-7-9-15(14,2)3)12-17(4)10-11-18-5/h13-14,16H,6-12H2,1-5H3. The van der Waals surface area contributed by atoms with E-state index in [4.69, 9.17) is 0 Å². The molecule has 1 aliphatic rings. The topological polar surface area (TPSA) is 15.3 Å². The molecule has 0 aliphatic heterocycles. The van der Waals surface area contributed by atoms with Gasteiger partial charge >= 0.3 is 0 Å². The molecule has 2 atom stereocenters. The van der Waals surface area contributed by atoms with E-state index in [2.05, 4.69) is 44.3 Å². The summed E-state index contributed by atoms with van der Waals surface area (Å²) >= 11 is 1.95. The van der Waals surface area contributed by atoms with Gasteiger partial charge in [0.2, 0.25) is 0 Å². The van der Waals surface area contributed by atoms with Crippen LogP contribution < -0.4 is 5.32 Å². The summed E-state index contributed by atoms with van der Waals surface area (Å²) < 4.78 is 0. The molecule has 1 rings (SSSR count). The highest BCUT2D eigenvalue weighted by Gasteiger charge is 2.38. The zero-order valence-corrected chi connectivity index (χ0v) is 13.8. The van der Waals surface area contributed by atoms with Gasteiger partial charge in [0.1, 0.15) is 0 Å². The van der Waals surface area contributed by atoms with Crippen LogP contribution in [0.3, 0.4) is 0 Å². The van der Waals surface area contributed by atoms with Gasteiger partial charge in [-0.25, -0.2) is 0 Å². The largest absolute Gasteiger partial charge is 0.313 e. The predicted octanol–water partition coefficient (Wildman–Crippen LogP) is 3.09. The Morgan fingerprint density at radius 2 is 2.11 bits per heavy atom. The van der Waals surface area contributed by atoms with E-state index in [1.807, 2.05) is 11.8 Å². The lowest BCUT2D eigenvalue weighted by Gasteiger charge is -2.45. The first-order valence-electron chi connectivity index (χ1n) is 7.42. The highest BCUT2D eigenvalue weighted by molar-refractivity contribution is 7.98. The molecule has 0 heterocycles. The summed E-state index contributed by atoms with van der Waals surface area (Å²) in [7, 11) is 2.28. The molecule has 0 bridgehead atoms. The molecular formula is C15H32N2S. The van der Waals surface area contributed by atoms with Crippen molar-refractivity contribution >= 4 is 11.8 Å². The van der Waals surface area contributed by atoms with Gasteiger partial charge in [-0.15, -0.1) is 0 Å². The van der Waals surface area contributed by atoms with Crippen LogP contribution in [0.25, 0.3) is 0 Å². The van der Waals surface area contributed by atoms with Crippen LogP contribution in [0.2, 0.25) is 0 Å². The molecule has 1 fully saturated rings. The first-order valence-corrected chi connectivity index (χ1v) is 8.81. The minimum Gasteiger partial charge on any atom is -0.313 e. The average molecular weight is 273 g/mol. The monoisotopic (exact) mass is 272 g/mol. The molecule has 2 unspecified atom stereocenters. The van der Waals surface area contributed by atoms with Crippen LogP contribution in [-0.2, 0) is 0 Å². The van der Waals surface area contributed by atoms with Crippen molar-refractivity contribution in [3.8, 4) is 0 Å². The lowest BCUT2D eigenvalue weighted by molar-refractivity contribution is 0.0878. The van der Waals surface area contributed by atoms with Gasteiger partial charge in [-0.3, -0.25) is 0 Å². The Hall–Kier alpha value is 0.270. The molecule has 0 aromatic heterocycles. The molecule has 1 saturated carbocycles. The van der Waals surface area contributed by atoms with E-state index in [1.165, 1.54) is 38.1 Å². The maximum Gasteiger partial charge on any atom is 0.0159 e. The highest BCUT2D eigenvalue weighted by Crippen LogP contribution is 2.39. The van der Waals surface area contributed by atoms with Crippen molar-refractivity contribution in [2.24, 2.45) is 11.3 Å². The van der Waals surface area contributed by atoms with Crippen molar-refractivity contribution in [1.29, 1.82) is 0 Å². The van der Waals surface area contributed by atoms with Crippen molar-refractivity contribution in [2.45, 2.75) is 46.1 Å². The molecule has 0 saturated heterocycles. The van der Waals surface area contributed by atoms with Crippen molar-refractivity contribution in [3.05, 3.63) is 0 Å². The van der Waals surface area contributed by atoms with Crippen LogP contribution in [0.5, 0.6) is 0 Å². The summed E-state index contributed by atoms with van der Waals surface area (Å²) in [5, 5.41) is 3.75. The van der Waals surface area contributed by atoms with Crippen molar-refractivity contribution in [3.63, 3.8) is 0 Å². The van der Waals surface area contributed by atoms with Gasteiger partial charge in [0, 0.05) is 24.9 Å². The van der Waals surface area contributed by atoms with Gasteiger partial charge in [-0.1, -0.05) is 27.2 Å². The second-order valence-electron chi connectivity index (χ2n) is 6.43. The van der Waals surface area contributed by atoms with Gasteiger partial charge in [0.05, 0.1) is 0 Å². The molecule has 1 N–H and O–H groups in total. The molecule has 18 heavy (non-hydrogen) atoms. The second kappa shape index (κ2) is 7.76. The summed E-state index contributed by atoms with van der Waals surface area (Å²) in [6, 6.07) is 0.688. The maximum atomic E-state index is 3.75. The second-order valence-corrected chi connectivity index (χ2v) is 7.42. The van der Waals surface area contributed by atoms with Gasteiger partial charge in [0.25, 0.3) is 0 Å². The summed E-state index contributed by atoms with van der Waals surface area (Å²) in [5.41, 5.74) is 0.458. The van der Waals surface area contributed by atoms with Gasteiger partial charge < -0.3 is 10.2 Å². The number of nitrogens with one attached hydrogen (secondary N) is 1. The number of thioether (sulfide) groups is 1. The summed E-state index contributed by atoms with van der Waals surface area (Å²) in [6.07, 6.45) is 6.36. The van der Waals surface area contributed by atoms with Crippen molar-refractivity contribution in [1.82, 2.24) is 10.2 Å². The minimum atomic E-state index is 0.458. The lowest BCUT2D eigenvalue weighted by atomic mass is 9.67. The quantitative estimate of drug-likeness (QED) is 0.767. The molecule has 2 nitrogen and oxygen atoms in total. The molecule has 108 valence electrons. The molecule has 3 heteroatoms. The number of hydrogen-bond acceptors (Lipinski definition) is 3. The Kier molecular flexibility index (Phi) is 7.04. The van der Waals surface area contributed by atoms with E-state index >= 15 is 0 Å². The Morgan fingerprint density at radius 1 is 1.39 bits per heavy atom. The van der Waals surface area contributed by atoms with Crippen LogP contribution >= 0.6 is 11.8 Å². The van der Waals surface area contributed by atoms with Crippen LogP contribution in [0.1, 0.15) is 40.0 Å². The van der Waals surface area contributed by atoms with Crippen LogP contribution in [0, 0.1) is 11.3 Å². The molecule has 1 aliphatic carbocycles. The zero-order chi connectivity index (χ0) is 13.6. The Bertz CT molecular complexity index is 231. The number of hydrogen-bond donors (Lipinski definition) is 1. The third-order valence-electron chi connectivity index (χ3n) is 4.36. The van der Waals surface area contributed by atoms with E-state index in [0.29, 0.717) is 11.5 Å². The number of nitrogens with zero attached hydrogens (tertiary/aromatic N) is 1.